The Morgan fingerprint density at radius 3 is 2.90 bits per heavy atom. The standard InChI is InChI=1S/C16H19FN2O/c1-3-4-5-9-18-16(20)13-10-11(2)19-15-12(13)7-6-8-14(15)17/h6-8,10H,3-5,9H2,1-2H3,(H,18,20). The lowest BCUT2D eigenvalue weighted by Crippen LogP contribution is -2.25. The fourth-order valence-electron chi connectivity index (χ4n) is 2.20. The van der Waals surface area contributed by atoms with Crippen molar-refractivity contribution in [3.05, 3.63) is 41.3 Å². The first kappa shape index (κ1) is 14.4. The van der Waals surface area contributed by atoms with Gasteiger partial charge in [0.15, 0.2) is 0 Å². The number of carbonyl (C=O) groups is 1. The molecule has 0 bridgehead atoms. The fraction of sp³-hybridized carbons (Fsp3) is 0.375. The number of unbranched alkanes of at least 4 members (excludes halogenated alkanes) is 2. The van der Waals surface area contributed by atoms with Crippen molar-refractivity contribution in [2.24, 2.45) is 0 Å². The summed E-state index contributed by atoms with van der Waals surface area (Å²) in [5.41, 5.74) is 1.39. The van der Waals surface area contributed by atoms with Crippen LogP contribution in [0.4, 0.5) is 4.39 Å². The van der Waals surface area contributed by atoms with Gasteiger partial charge in [-0.1, -0.05) is 31.9 Å². The minimum absolute atomic E-state index is 0.165. The van der Waals surface area contributed by atoms with E-state index in [1.165, 1.54) is 6.07 Å². The van der Waals surface area contributed by atoms with E-state index in [0.29, 0.717) is 23.2 Å². The van der Waals surface area contributed by atoms with E-state index >= 15 is 0 Å². The number of amides is 1. The number of hydrogen-bond acceptors (Lipinski definition) is 2. The lowest BCUT2D eigenvalue weighted by molar-refractivity contribution is 0.0954. The molecule has 106 valence electrons. The van der Waals surface area contributed by atoms with Crippen LogP contribution in [0.5, 0.6) is 0 Å². The smallest absolute Gasteiger partial charge is 0.252 e. The highest BCUT2D eigenvalue weighted by Crippen LogP contribution is 2.20. The van der Waals surface area contributed by atoms with Crippen molar-refractivity contribution in [1.29, 1.82) is 0 Å². The summed E-state index contributed by atoms with van der Waals surface area (Å²) in [6.45, 7) is 4.52. The van der Waals surface area contributed by atoms with E-state index in [1.54, 1.807) is 25.1 Å². The van der Waals surface area contributed by atoms with E-state index in [4.69, 9.17) is 0 Å². The average molecular weight is 274 g/mol. The number of halogens is 1. The number of nitrogens with one attached hydrogen (secondary N) is 1. The summed E-state index contributed by atoms with van der Waals surface area (Å²) in [6.07, 6.45) is 3.15. The third-order valence-corrected chi connectivity index (χ3v) is 3.23. The molecule has 1 heterocycles. The highest BCUT2D eigenvalue weighted by atomic mass is 19.1. The van der Waals surface area contributed by atoms with Crippen LogP contribution >= 0.6 is 0 Å². The van der Waals surface area contributed by atoms with E-state index in [0.717, 1.165) is 19.3 Å². The number of hydrogen-bond donors (Lipinski definition) is 1. The first-order chi connectivity index (χ1) is 9.63. The number of rotatable bonds is 5. The minimum Gasteiger partial charge on any atom is -0.352 e. The summed E-state index contributed by atoms with van der Waals surface area (Å²) < 4.78 is 13.8. The Morgan fingerprint density at radius 1 is 1.35 bits per heavy atom. The van der Waals surface area contributed by atoms with Crippen LogP contribution in [-0.4, -0.2) is 17.4 Å². The number of fused-ring (bicyclic) bond motifs is 1. The van der Waals surface area contributed by atoms with Crippen molar-refractivity contribution in [3.8, 4) is 0 Å². The summed E-state index contributed by atoms with van der Waals surface area (Å²) in [4.78, 5) is 16.4. The Balaban J connectivity index is 2.29. The zero-order chi connectivity index (χ0) is 14.5. The molecule has 0 radical (unpaired) electrons. The summed E-state index contributed by atoms with van der Waals surface area (Å²) in [6, 6.07) is 6.39. The van der Waals surface area contributed by atoms with Gasteiger partial charge in [-0.25, -0.2) is 9.37 Å². The van der Waals surface area contributed by atoms with Crippen LogP contribution < -0.4 is 5.32 Å². The van der Waals surface area contributed by atoms with E-state index in [-0.39, 0.29) is 11.4 Å². The molecule has 0 saturated carbocycles. The molecule has 3 nitrogen and oxygen atoms in total. The van der Waals surface area contributed by atoms with Crippen molar-refractivity contribution in [1.82, 2.24) is 10.3 Å². The van der Waals surface area contributed by atoms with Gasteiger partial charge in [0.2, 0.25) is 0 Å². The highest BCUT2D eigenvalue weighted by molar-refractivity contribution is 6.06. The number of carbonyl (C=O) groups excluding carboxylic acids is 1. The molecule has 2 aromatic rings. The second-order valence-corrected chi connectivity index (χ2v) is 4.91. The van der Waals surface area contributed by atoms with Gasteiger partial charge < -0.3 is 5.32 Å². The average Bonchev–Trinajstić information content (AvgIpc) is 2.43. The molecule has 0 saturated heterocycles. The van der Waals surface area contributed by atoms with E-state index < -0.39 is 5.82 Å². The molecule has 1 aromatic heterocycles. The molecule has 0 atom stereocenters. The van der Waals surface area contributed by atoms with Crippen LogP contribution in [0.2, 0.25) is 0 Å². The Morgan fingerprint density at radius 2 is 2.15 bits per heavy atom. The summed E-state index contributed by atoms with van der Waals surface area (Å²) in [5.74, 6) is -0.562. The molecule has 1 aromatic carbocycles. The van der Waals surface area contributed by atoms with Crippen molar-refractivity contribution in [2.45, 2.75) is 33.1 Å². The molecule has 1 N–H and O–H groups in total. The second kappa shape index (κ2) is 6.46. The van der Waals surface area contributed by atoms with Gasteiger partial charge in [-0.05, 0) is 25.5 Å². The molecule has 0 unspecified atom stereocenters. The maximum atomic E-state index is 13.8. The van der Waals surface area contributed by atoms with Crippen molar-refractivity contribution >= 4 is 16.8 Å². The van der Waals surface area contributed by atoms with E-state index in [2.05, 4.69) is 17.2 Å². The van der Waals surface area contributed by atoms with Crippen LogP contribution in [0.3, 0.4) is 0 Å². The van der Waals surface area contributed by atoms with Crippen molar-refractivity contribution < 1.29 is 9.18 Å². The van der Waals surface area contributed by atoms with Crippen LogP contribution in [0, 0.1) is 12.7 Å². The zero-order valence-electron chi connectivity index (χ0n) is 11.9. The zero-order valence-corrected chi connectivity index (χ0v) is 11.9. The first-order valence-electron chi connectivity index (χ1n) is 6.97. The SMILES string of the molecule is CCCCCNC(=O)c1cc(C)nc2c(F)cccc12. The lowest BCUT2D eigenvalue weighted by atomic mass is 10.1. The third-order valence-electron chi connectivity index (χ3n) is 3.23. The van der Waals surface area contributed by atoms with Gasteiger partial charge in [-0.2, -0.15) is 0 Å². The molecule has 0 aliphatic heterocycles. The maximum absolute atomic E-state index is 13.8. The normalized spacial score (nSPS) is 10.8. The Bertz CT molecular complexity index is 625. The molecular weight excluding hydrogens is 255 g/mol. The van der Waals surface area contributed by atoms with Crippen LogP contribution in [0.15, 0.2) is 24.3 Å². The molecular formula is C16H19FN2O. The van der Waals surface area contributed by atoms with Gasteiger partial charge in [0.25, 0.3) is 5.91 Å². The van der Waals surface area contributed by atoms with Crippen molar-refractivity contribution in [2.75, 3.05) is 6.54 Å². The molecule has 2 rings (SSSR count). The lowest BCUT2D eigenvalue weighted by Gasteiger charge is -2.09. The quantitative estimate of drug-likeness (QED) is 0.846. The topological polar surface area (TPSA) is 42.0 Å². The molecule has 0 spiro atoms. The molecule has 20 heavy (non-hydrogen) atoms. The van der Waals surface area contributed by atoms with Crippen LogP contribution in [0.25, 0.3) is 10.9 Å². The molecule has 4 heteroatoms. The van der Waals surface area contributed by atoms with Gasteiger partial charge in [0, 0.05) is 17.6 Å². The maximum Gasteiger partial charge on any atom is 0.252 e. The molecule has 0 fully saturated rings. The Kier molecular flexibility index (Phi) is 4.66. The monoisotopic (exact) mass is 274 g/mol. The number of aryl methyl sites for hydroxylation is 1. The predicted octanol–water partition coefficient (Wildman–Crippen LogP) is 3.60. The van der Waals surface area contributed by atoms with Gasteiger partial charge in [0.1, 0.15) is 11.3 Å². The number of para-hydroxylation sites is 1. The van der Waals surface area contributed by atoms with Crippen LogP contribution in [0.1, 0.15) is 42.2 Å². The Labute approximate surface area is 118 Å². The summed E-state index contributed by atoms with van der Waals surface area (Å²) >= 11 is 0. The largest absolute Gasteiger partial charge is 0.352 e. The number of benzene rings is 1. The third kappa shape index (κ3) is 3.13. The number of aromatic nitrogens is 1. The number of nitrogens with zero attached hydrogens (tertiary/aromatic N) is 1. The first-order valence-corrected chi connectivity index (χ1v) is 6.97. The van der Waals surface area contributed by atoms with Crippen molar-refractivity contribution in [3.63, 3.8) is 0 Å². The van der Waals surface area contributed by atoms with Crippen LogP contribution in [-0.2, 0) is 0 Å². The number of pyridine rings is 1. The second-order valence-electron chi connectivity index (χ2n) is 4.91. The van der Waals surface area contributed by atoms with E-state index in [9.17, 15) is 9.18 Å². The molecule has 0 aliphatic rings. The van der Waals surface area contributed by atoms with Gasteiger partial charge in [-0.15, -0.1) is 0 Å². The summed E-state index contributed by atoms with van der Waals surface area (Å²) in [5, 5.41) is 3.44. The molecule has 1 amide bonds. The minimum atomic E-state index is -0.397. The summed E-state index contributed by atoms with van der Waals surface area (Å²) in [7, 11) is 0. The van der Waals surface area contributed by atoms with Gasteiger partial charge >= 0.3 is 0 Å². The molecule has 0 aliphatic carbocycles. The fourth-order valence-corrected chi connectivity index (χ4v) is 2.20. The Hall–Kier alpha value is -1.97. The van der Waals surface area contributed by atoms with E-state index in [1.807, 2.05) is 0 Å². The van der Waals surface area contributed by atoms with Gasteiger partial charge in [-0.3, -0.25) is 4.79 Å². The van der Waals surface area contributed by atoms with Gasteiger partial charge in [0.05, 0.1) is 5.56 Å². The predicted molar refractivity (Wildman–Crippen MR) is 78.3 cm³/mol. The highest BCUT2D eigenvalue weighted by Gasteiger charge is 2.13.